The van der Waals surface area contributed by atoms with Crippen molar-refractivity contribution in [3.05, 3.63) is 27.7 Å². The molecule has 0 saturated carbocycles. The SMILES string of the molecule is Oc1cc(Cl)cc(Cl)c1[C@@H]1CNCCN1. The minimum Gasteiger partial charge on any atom is -0.507 e. The van der Waals surface area contributed by atoms with Gasteiger partial charge in [-0.25, -0.2) is 0 Å². The number of aromatic hydroxyl groups is 1. The number of hydrogen-bond acceptors (Lipinski definition) is 3. The fourth-order valence-corrected chi connectivity index (χ4v) is 2.39. The van der Waals surface area contributed by atoms with Gasteiger partial charge in [0.1, 0.15) is 5.75 Å². The molecule has 1 aromatic rings. The Balaban J connectivity index is 2.33. The van der Waals surface area contributed by atoms with Crippen molar-refractivity contribution < 1.29 is 5.11 Å². The van der Waals surface area contributed by atoms with Crippen LogP contribution in [-0.4, -0.2) is 24.7 Å². The van der Waals surface area contributed by atoms with Gasteiger partial charge in [-0.2, -0.15) is 0 Å². The van der Waals surface area contributed by atoms with Gasteiger partial charge in [-0.1, -0.05) is 23.2 Å². The largest absolute Gasteiger partial charge is 0.507 e. The van der Waals surface area contributed by atoms with Gasteiger partial charge < -0.3 is 15.7 Å². The third-order valence-electron chi connectivity index (χ3n) is 2.46. The molecular formula is C10H12Cl2N2O. The molecule has 82 valence electrons. The van der Waals surface area contributed by atoms with Crippen LogP contribution >= 0.6 is 23.2 Å². The molecule has 0 aliphatic carbocycles. The van der Waals surface area contributed by atoms with Crippen molar-refractivity contribution in [2.75, 3.05) is 19.6 Å². The Morgan fingerprint density at radius 3 is 2.67 bits per heavy atom. The van der Waals surface area contributed by atoms with Crippen LogP contribution in [0.5, 0.6) is 5.75 Å². The van der Waals surface area contributed by atoms with Crippen LogP contribution in [0, 0.1) is 0 Å². The average molecular weight is 247 g/mol. The number of halogens is 2. The van der Waals surface area contributed by atoms with Crippen LogP contribution in [0.25, 0.3) is 0 Å². The zero-order valence-electron chi connectivity index (χ0n) is 8.06. The van der Waals surface area contributed by atoms with E-state index in [1.165, 1.54) is 6.07 Å². The second-order valence-electron chi connectivity index (χ2n) is 3.53. The predicted molar refractivity (Wildman–Crippen MR) is 61.7 cm³/mol. The van der Waals surface area contributed by atoms with E-state index in [0.29, 0.717) is 15.6 Å². The summed E-state index contributed by atoms with van der Waals surface area (Å²) in [6, 6.07) is 3.21. The van der Waals surface area contributed by atoms with E-state index in [0.717, 1.165) is 19.6 Å². The summed E-state index contributed by atoms with van der Waals surface area (Å²) < 4.78 is 0. The quantitative estimate of drug-likeness (QED) is 0.710. The zero-order valence-corrected chi connectivity index (χ0v) is 9.57. The summed E-state index contributed by atoms with van der Waals surface area (Å²) in [5.41, 5.74) is 0.716. The van der Waals surface area contributed by atoms with Gasteiger partial charge >= 0.3 is 0 Å². The van der Waals surface area contributed by atoms with Gasteiger partial charge in [-0.05, 0) is 12.1 Å². The Morgan fingerprint density at radius 2 is 2.07 bits per heavy atom. The van der Waals surface area contributed by atoms with Crippen LogP contribution in [0.2, 0.25) is 10.0 Å². The first-order valence-corrected chi connectivity index (χ1v) is 5.56. The normalized spacial score (nSPS) is 21.6. The monoisotopic (exact) mass is 246 g/mol. The van der Waals surface area contributed by atoms with Crippen LogP contribution < -0.4 is 10.6 Å². The van der Waals surface area contributed by atoms with E-state index in [4.69, 9.17) is 23.2 Å². The first-order valence-electron chi connectivity index (χ1n) is 4.80. The van der Waals surface area contributed by atoms with Gasteiger partial charge in [0.2, 0.25) is 0 Å². The average Bonchev–Trinajstić information content (AvgIpc) is 2.17. The van der Waals surface area contributed by atoms with Crippen molar-refractivity contribution in [2.24, 2.45) is 0 Å². The summed E-state index contributed by atoms with van der Waals surface area (Å²) >= 11 is 11.8. The maximum absolute atomic E-state index is 9.79. The molecule has 1 fully saturated rings. The van der Waals surface area contributed by atoms with E-state index in [1.54, 1.807) is 6.07 Å². The maximum atomic E-state index is 9.79. The summed E-state index contributed by atoms with van der Waals surface area (Å²) in [7, 11) is 0. The lowest BCUT2D eigenvalue weighted by atomic mass is 10.0. The van der Waals surface area contributed by atoms with Crippen molar-refractivity contribution in [1.29, 1.82) is 0 Å². The lowest BCUT2D eigenvalue weighted by Crippen LogP contribution is -2.42. The zero-order chi connectivity index (χ0) is 10.8. The Labute approximate surface area is 98.4 Å². The molecule has 1 heterocycles. The lowest BCUT2D eigenvalue weighted by molar-refractivity contribution is 0.404. The van der Waals surface area contributed by atoms with E-state index < -0.39 is 0 Å². The fourth-order valence-electron chi connectivity index (χ4n) is 1.77. The van der Waals surface area contributed by atoms with Crippen LogP contribution in [0.4, 0.5) is 0 Å². The Morgan fingerprint density at radius 1 is 1.27 bits per heavy atom. The Bertz CT molecular complexity index is 341. The number of phenols is 1. The van der Waals surface area contributed by atoms with Gasteiger partial charge in [0.25, 0.3) is 0 Å². The fraction of sp³-hybridized carbons (Fsp3) is 0.400. The maximum Gasteiger partial charge on any atom is 0.123 e. The highest BCUT2D eigenvalue weighted by Crippen LogP contribution is 2.34. The number of hydrogen-bond donors (Lipinski definition) is 3. The second kappa shape index (κ2) is 4.58. The molecule has 3 nitrogen and oxygen atoms in total. The van der Waals surface area contributed by atoms with Crippen LogP contribution in [-0.2, 0) is 0 Å². The highest BCUT2D eigenvalue weighted by Gasteiger charge is 2.20. The van der Waals surface area contributed by atoms with Gasteiger partial charge in [-0.3, -0.25) is 0 Å². The van der Waals surface area contributed by atoms with Crippen molar-refractivity contribution in [3.63, 3.8) is 0 Å². The molecule has 1 atom stereocenters. The van der Waals surface area contributed by atoms with Gasteiger partial charge in [0.15, 0.2) is 0 Å². The molecule has 5 heteroatoms. The van der Waals surface area contributed by atoms with E-state index in [2.05, 4.69) is 10.6 Å². The summed E-state index contributed by atoms with van der Waals surface area (Å²) in [6.07, 6.45) is 0. The summed E-state index contributed by atoms with van der Waals surface area (Å²) in [5, 5.41) is 17.3. The third kappa shape index (κ3) is 2.37. The molecule has 1 aliphatic heterocycles. The first kappa shape index (κ1) is 11.0. The highest BCUT2D eigenvalue weighted by molar-refractivity contribution is 6.35. The molecule has 2 rings (SSSR count). The number of nitrogens with one attached hydrogen (secondary N) is 2. The summed E-state index contributed by atoms with van der Waals surface area (Å²) in [6.45, 7) is 2.56. The molecule has 0 spiro atoms. The Kier molecular flexibility index (Phi) is 3.36. The number of benzene rings is 1. The van der Waals surface area contributed by atoms with Gasteiger partial charge in [0.05, 0.1) is 5.02 Å². The molecule has 1 aliphatic rings. The van der Waals surface area contributed by atoms with Crippen molar-refractivity contribution >= 4 is 23.2 Å². The van der Waals surface area contributed by atoms with Crippen molar-refractivity contribution in [1.82, 2.24) is 10.6 Å². The Hall–Kier alpha value is -0.480. The molecule has 15 heavy (non-hydrogen) atoms. The number of rotatable bonds is 1. The summed E-state index contributed by atoms with van der Waals surface area (Å²) in [4.78, 5) is 0. The minimum absolute atomic E-state index is 0.0449. The molecule has 0 aromatic heterocycles. The van der Waals surface area contributed by atoms with Crippen molar-refractivity contribution in [2.45, 2.75) is 6.04 Å². The molecule has 1 aromatic carbocycles. The molecule has 0 unspecified atom stereocenters. The minimum atomic E-state index is 0.0449. The second-order valence-corrected chi connectivity index (χ2v) is 4.37. The van der Waals surface area contributed by atoms with Gasteiger partial charge in [0, 0.05) is 36.3 Å². The van der Waals surface area contributed by atoms with E-state index in [1.807, 2.05) is 0 Å². The molecule has 1 saturated heterocycles. The van der Waals surface area contributed by atoms with Crippen LogP contribution in [0.1, 0.15) is 11.6 Å². The number of phenolic OH excluding ortho intramolecular Hbond substituents is 1. The van der Waals surface area contributed by atoms with E-state index >= 15 is 0 Å². The van der Waals surface area contributed by atoms with E-state index in [-0.39, 0.29) is 11.8 Å². The van der Waals surface area contributed by atoms with Crippen LogP contribution in [0.3, 0.4) is 0 Å². The topological polar surface area (TPSA) is 44.3 Å². The first-order chi connectivity index (χ1) is 7.18. The molecule has 0 radical (unpaired) electrons. The highest BCUT2D eigenvalue weighted by atomic mass is 35.5. The van der Waals surface area contributed by atoms with E-state index in [9.17, 15) is 5.11 Å². The smallest absolute Gasteiger partial charge is 0.123 e. The lowest BCUT2D eigenvalue weighted by Gasteiger charge is -2.26. The summed E-state index contributed by atoms with van der Waals surface area (Å²) in [5.74, 6) is 0.147. The van der Waals surface area contributed by atoms with Crippen LogP contribution in [0.15, 0.2) is 12.1 Å². The van der Waals surface area contributed by atoms with Crippen molar-refractivity contribution in [3.8, 4) is 5.75 Å². The molecule has 0 amide bonds. The molecular weight excluding hydrogens is 235 g/mol. The standard InChI is InChI=1S/C10H12Cl2N2O/c11-6-3-7(12)10(9(15)4-6)8-5-13-1-2-14-8/h3-4,8,13-15H,1-2,5H2/t8-/m0/s1. The van der Waals surface area contributed by atoms with Gasteiger partial charge in [-0.15, -0.1) is 0 Å². The molecule has 0 bridgehead atoms. The third-order valence-corrected chi connectivity index (χ3v) is 2.99. The number of piperazine rings is 1. The predicted octanol–water partition coefficient (Wildman–Crippen LogP) is 1.93. The molecule has 3 N–H and O–H groups in total.